The molecule has 0 saturated carbocycles. The molecule has 1 aromatic carbocycles. The van der Waals surface area contributed by atoms with Crippen LogP contribution in [0.2, 0.25) is 0 Å². The van der Waals surface area contributed by atoms with Crippen LogP contribution in [0.25, 0.3) is 11.3 Å². The first kappa shape index (κ1) is 10.8. The SMILES string of the molecule is CSc1ccccc1-c1cn(C2COC2)nn1. The highest BCUT2D eigenvalue weighted by molar-refractivity contribution is 7.98. The van der Waals surface area contributed by atoms with E-state index in [-0.39, 0.29) is 0 Å². The molecule has 1 aliphatic heterocycles. The minimum Gasteiger partial charge on any atom is -0.377 e. The quantitative estimate of drug-likeness (QED) is 0.780. The Balaban J connectivity index is 1.94. The molecule has 0 spiro atoms. The minimum absolute atomic E-state index is 0.359. The highest BCUT2D eigenvalue weighted by Gasteiger charge is 2.22. The number of benzene rings is 1. The maximum absolute atomic E-state index is 5.16. The molecular formula is C12H13N3OS. The third-order valence-electron chi connectivity index (χ3n) is 2.89. The average molecular weight is 247 g/mol. The Kier molecular flexibility index (Phi) is 2.86. The third kappa shape index (κ3) is 1.96. The molecule has 2 heterocycles. The molecular weight excluding hydrogens is 234 g/mol. The van der Waals surface area contributed by atoms with E-state index in [1.807, 2.05) is 23.0 Å². The second-order valence-corrected chi connectivity index (χ2v) is 4.82. The van der Waals surface area contributed by atoms with Crippen LogP contribution in [0.4, 0.5) is 0 Å². The van der Waals surface area contributed by atoms with Crippen LogP contribution in [0.1, 0.15) is 6.04 Å². The van der Waals surface area contributed by atoms with E-state index in [0.717, 1.165) is 24.5 Å². The number of thioether (sulfide) groups is 1. The molecule has 0 radical (unpaired) electrons. The fraction of sp³-hybridized carbons (Fsp3) is 0.333. The van der Waals surface area contributed by atoms with Gasteiger partial charge in [-0.25, -0.2) is 4.68 Å². The van der Waals surface area contributed by atoms with Crippen LogP contribution in [-0.2, 0) is 4.74 Å². The van der Waals surface area contributed by atoms with E-state index in [1.54, 1.807) is 11.8 Å². The topological polar surface area (TPSA) is 39.9 Å². The fourth-order valence-electron chi connectivity index (χ4n) is 1.81. The van der Waals surface area contributed by atoms with E-state index in [0.29, 0.717) is 6.04 Å². The van der Waals surface area contributed by atoms with Crippen molar-refractivity contribution in [2.45, 2.75) is 10.9 Å². The fourth-order valence-corrected chi connectivity index (χ4v) is 2.42. The number of aromatic nitrogens is 3. The Hall–Kier alpha value is -1.33. The lowest BCUT2D eigenvalue weighted by Crippen LogP contribution is -2.30. The van der Waals surface area contributed by atoms with Crippen molar-refractivity contribution in [3.63, 3.8) is 0 Å². The Bertz CT molecular complexity index is 522. The summed E-state index contributed by atoms with van der Waals surface area (Å²) in [5.41, 5.74) is 2.08. The summed E-state index contributed by atoms with van der Waals surface area (Å²) < 4.78 is 7.06. The van der Waals surface area contributed by atoms with Gasteiger partial charge in [-0.1, -0.05) is 23.4 Å². The summed E-state index contributed by atoms with van der Waals surface area (Å²) in [6.07, 6.45) is 4.07. The molecule has 0 unspecified atom stereocenters. The lowest BCUT2D eigenvalue weighted by molar-refractivity contribution is -0.0293. The summed E-state index contributed by atoms with van der Waals surface area (Å²) >= 11 is 1.73. The Labute approximate surface area is 104 Å². The van der Waals surface area contributed by atoms with E-state index < -0.39 is 0 Å². The van der Waals surface area contributed by atoms with Crippen LogP contribution in [0.5, 0.6) is 0 Å². The summed E-state index contributed by atoms with van der Waals surface area (Å²) in [6.45, 7) is 1.49. The first-order valence-corrected chi connectivity index (χ1v) is 6.74. The molecule has 17 heavy (non-hydrogen) atoms. The molecule has 0 bridgehead atoms. The molecule has 3 rings (SSSR count). The van der Waals surface area contributed by atoms with Crippen LogP contribution >= 0.6 is 11.8 Å². The lowest BCUT2D eigenvalue weighted by atomic mass is 10.2. The van der Waals surface area contributed by atoms with Gasteiger partial charge in [0, 0.05) is 10.5 Å². The molecule has 1 aromatic heterocycles. The average Bonchev–Trinajstić information content (AvgIpc) is 2.76. The monoisotopic (exact) mass is 247 g/mol. The molecule has 2 aromatic rings. The smallest absolute Gasteiger partial charge is 0.114 e. The normalized spacial score (nSPS) is 15.8. The highest BCUT2D eigenvalue weighted by Crippen LogP contribution is 2.29. The van der Waals surface area contributed by atoms with Gasteiger partial charge in [0.25, 0.3) is 0 Å². The van der Waals surface area contributed by atoms with Gasteiger partial charge in [-0.05, 0) is 12.3 Å². The maximum Gasteiger partial charge on any atom is 0.114 e. The largest absolute Gasteiger partial charge is 0.377 e. The zero-order valence-corrected chi connectivity index (χ0v) is 10.4. The van der Waals surface area contributed by atoms with Gasteiger partial charge in [0.15, 0.2) is 0 Å². The third-order valence-corrected chi connectivity index (χ3v) is 3.68. The molecule has 0 amide bonds. The Morgan fingerprint density at radius 2 is 2.18 bits per heavy atom. The van der Waals surface area contributed by atoms with E-state index in [4.69, 9.17) is 4.74 Å². The summed E-state index contributed by atoms with van der Waals surface area (Å²) in [4.78, 5) is 1.23. The summed E-state index contributed by atoms with van der Waals surface area (Å²) in [6, 6.07) is 8.61. The number of rotatable bonds is 3. The van der Waals surface area contributed by atoms with E-state index in [9.17, 15) is 0 Å². The molecule has 0 N–H and O–H groups in total. The highest BCUT2D eigenvalue weighted by atomic mass is 32.2. The molecule has 1 aliphatic rings. The van der Waals surface area contributed by atoms with Crippen molar-refractivity contribution in [3.8, 4) is 11.3 Å². The van der Waals surface area contributed by atoms with E-state index in [2.05, 4.69) is 28.7 Å². The van der Waals surface area contributed by atoms with Crippen molar-refractivity contribution in [3.05, 3.63) is 30.5 Å². The molecule has 5 heteroatoms. The van der Waals surface area contributed by atoms with Crippen LogP contribution in [0.3, 0.4) is 0 Å². The van der Waals surface area contributed by atoms with Gasteiger partial charge >= 0.3 is 0 Å². The first-order valence-electron chi connectivity index (χ1n) is 5.51. The van der Waals surface area contributed by atoms with Crippen LogP contribution in [-0.4, -0.2) is 34.5 Å². The summed E-state index contributed by atoms with van der Waals surface area (Å²) in [5, 5.41) is 8.41. The molecule has 1 saturated heterocycles. The van der Waals surface area contributed by atoms with Gasteiger partial charge < -0.3 is 4.74 Å². The zero-order chi connectivity index (χ0) is 11.7. The molecule has 4 nitrogen and oxygen atoms in total. The lowest BCUT2D eigenvalue weighted by Gasteiger charge is -2.25. The summed E-state index contributed by atoms with van der Waals surface area (Å²) in [5.74, 6) is 0. The molecule has 1 fully saturated rings. The van der Waals surface area contributed by atoms with Crippen molar-refractivity contribution >= 4 is 11.8 Å². The van der Waals surface area contributed by atoms with Gasteiger partial charge in [-0.3, -0.25) is 0 Å². The standard InChI is InChI=1S/C12H13N3OS/c1-17-12-5-3-2-4-10(12)11-6-15(14-13-11)9-7-16-8-9/h2-6,9H,7-8H2,1H3. The van der Waals surface area contributed by atoms with E-state index in [1.165, 1.54) is 4.90 Å². The number of hydrogen-bond donors (Lipinski definition) is 0. The zero-order valence-electron chi connectivity index (χ0n) is 9.54. The number of nitrogens with zero attached hydrogens (tertiary/aromatic N) is 3. The van der Waals surface area contributed by atoms with Crippen molar-refractivity contribution in [1.82, 2.24) is 15.0 Å². The second kappa shape index (κ2) is 4.50. The van der Waals surface area contributed by atoms with Crippen molar-refractivity contribution < 1.29 is 4.74 Å². The van der Waals surface area contributed by atoms with Crippen LogP contribution in [0.15, 0.2) is 35.4 Å². The van der Waals surface area contributed by atoms with E-state index >= 15 is 0 Å². The number of ether oxygens (including phenoxy) is 1. The van der Waals surface area contributed by atoms with Crippen molar-refractivity contribution in [1.29, 1.82) is 0 Å². The second-order valence-electron chi connectivity index (χ2n) is 3.98. The van der Waals surface area contributed by atoms with Crippen LogP contribution in [0, 0.1) is 0 Å². The first-order chi connectivity index (χ1) is 8.38. The van der Waals surface area contributed by atoms with Crippen molar-refractivity contribution in [2.75, 3.05) is 19.5 Å². The van der Waals surface area contributed by atoms with Crippen molar-refractivity contribution in [2.24, 2.45) is 0 Å². The molecule has 0 aliphatic carbocycles. The Morgan fingerprint density at radius 3 is 2.88 bits per heavy atom. The van der Waals surface area contributed by atoms with Crippen LogP contribution < -0.4 is 0 Å². The molecule has 88 valence electrons. The number of hydrogen-bond acceptors (Lipinski definition) is 4. The van der Waals surface area contributed by atoms with Gasteiger partial charge in [-0.2, -0.15) is 0 Å². The predicted molar refractivity (Wildman–Crippen MR) is 67.1 cm³/mol. The predicted octanol–water partition coefficient (Wildman–Crippen LogP) is 2.24. The minimum atomic E-state index is 0.359. The van der Waals surface area contributed by atoms with Gasteiger partial charge in [0.05, 0.1) is 19.4 Å². The Morgan fingerprint density at radius 1 is 1.35 bits per heavy atom. The van der Waals surface area contributed by atoms with Gasteiger partial charge in [0.2, 0.25) is 0 Å². The van der Waals surface area contributed by atoms with Gasteiger partial charge in [0.1, 0.15) is 11.7 Å². The maximum atomic E-state index is 5.16. The molecule has 0 atom stereocenters. The summed E-state index contributed by atoms with van der Waals surface area (Å²) in [7, 11) is 0. The van der Waals surface area contributed by atoms with Gasteiger partial charge in [-0.15, -0.1) is 16.9 Å².